The second kappa shape index (κ2) is 5.48. The first kappa shape index (κ1) is 13.5. The van der Waals surface area contributed by atoms with Gasteiger partial charge in [0.25, 0.3) is 0 Å². The van der Waals surface area contributed by atoms with E-state index >= 15 is 0 Å². The molecule has 0 amide bonds. The first-order valence-electron chi connectivity index (χ1n) is 7.08. The molecule has 0 aliphatic heterocycles. The average Bonchev–Trinajstić information content (AvgIpc) is 2.86. The van der Waals surface area contributed by atoms with Crippen molar-refractivity contribution in [1.82, 2.24) is 9.55 Å². The van der Waals surface area contributed by atoms with Gasteiger partial charge in [0, 0.05) is 17.6 Å². The van der Waals surface area contributed by atoms with Crippen LogP contribution in [0.2, 0.25) is 0 Å². The van der Waals surface area contributed by atoms with Crippen molar-refractivity contribution in [2.24, 2.45) is 0 Å². The van der Waals surface area contributed by atoms with Crippen LogP contribution in [0.25, 0.3) is 10.9 Å². The molecule has 3 rings (SSSR count). The lowest BCUT2D eigenvalue weighted by Crippen LogP contribution is -2.09. The molecule has 0 unspecified atom stereocenters. The summed E-state index contributed by atoms with van der Waals surface area (Å²) < 4.78 is 8.07. The number of aromatic nitrogens is 2. The fraction of sp³-hybridized carbons (Fsp3) is 0.235. The van der Waals surface area contributed by atoms with Crippen LogP contribution in [0.4, 0.5) is 5.69 Å². The summed E-state index contributed by atoms with van der Waals surface area (Å²) in [6.07, 6.45) is 3.45. The van der Waals surface area contributed by atoms with Crippen LogP contribution in [0.5, 0.6) is 5.75 Å². The third kappa shape index (κ3) is 2.57. The molecule has 4 heteroatoms. The number of pyridine rings is 1. The molecule has 2 N–H and O–H groups in total. The zero-order valence-corrected chi connectivity index (χ0v) is 12.3. The topological polar surface area (TPSA) is 53.1 Å². The number of ether oxygens (including phenoxy) is 1. The Balaban J connectivity index is 1.98. The van der Waals surface area contributed by atoms with Crippen molar-refractivity contribution in [2.45, 2.75) is 26.5 Å². The SMILES string of the molecule is CC(C)n1c(COc2cccnc2)cc2cccc(N)c21. The third-order valence-electron chi connectivity index (χ3n) is 3.51. The third-order valence-corrected chi connectivity index (χ3v) is 3.51. The Morgan fingerprint density at radius 3 is 2.81 bits per heavy atom. The Morgan fingerprint density at radius 1 is 1.24 bits per heavy atom. The van der Waals surface area contributed by atoms with E-state index in [0.717, 1.165) is 28.0 Å². The predicted octanol–water partition coefficient (Wildman–Crippen LogP) is 3.78. The van der Waals surface area contributed by atoms with Gasteiger partial charge in [0.2, 0.25) is 0 Å². The highest BCUT2D eigenvalue weighted by Gasteiger charge is 2.14. The molecule has 21 heavy (non-hydrogen) atoms. The molecule has 0 spiro atoms. The lowest BCUT2D eigenvalue weighted by Gasteiger charge is -2.16. The number of fused-ring (bicyclic) bond motifs is 1. The first-order valence-corrected chi connectivity index (χ1v) is 7.08. The van der Waals surface area contributed by atoms with Gasteiger partial charge in [-0.2, -0.15) is 0 Å². The lowest BCUT2D eigenvalue weighted by atomic mass is 10.2. The summed E-state index contributed by atoms with van der Waals surface area (Å²) >= 11 is 0. The molecule has 2 heterocycles. The van der Waals surface area contributed by atoms with Gasteiger partial charge in [-0.3, -0.25) is 4.98 Å². The summed E-state index contributed by atoms with van der Waals surface area (Å²) in [6, 6.07) is 12.2. The molecule has 0 aliphatic rings. The number of hydrogen-bond acceptors (Lipinski definition) is 3. The Bertz CT molecular complexity index is 747. The van der Waals surface area contributed by atoms with Gasteiger partial charge in [-0.1, -0.05) is 12.1 Å². The maximum absolute atomic E-state index is 6.14. The van der Waals surface area contributed by atoms with Crippen LogP contribution in [-0.2, 0) is 6.61 Å². The molecule has 0 bridgehead atoms. The molecule has 0 radical (unpaired) electrons. The van der Waals surface area contributed by atoms with Crippen molar-refractivity contribution >= 4 is 16.6 Å². The maximum Gasteiger partial charge on any atom is 0.138 e. The minimum atomic E-state index is 0.319. The van der Waals surface area contributed by atoms with E-state index in [9.17, 15) is 0 Å². The summed E-state index contributed by atoms with van der Waals surface area (Å²) in [7, 11) is 0. The minimum Gasteiger partial charge on any atom is -0.486 e. The van der Waals surface area contributed by atoms with Gasteiger partial charge < -0.3 is 15.0 Å². The Hall–Kier alpha value is -2.49. The molecule has 3 aromatic rings. The molecule has 1 aromatic carbocycles. The lowest BCUT2D eigenvalue weighted by molar-refractivity contribution is 0.292. The van der Waals surface area contributed by atoms with Crippen LogP contribution in [0.3, 0.4) is 0 Å². The van der Waals surface area contributed by atoms with E-state index in [4.69, 9.17) is 10.5 Å². The van der Waals surface area contributed by atoms with Gasteiger partial charge in [-0.25, -0.2) is 0 Å². The molecule has 108 valence electrons. The van der Waals surface area contributed by atoms with Crippen LogP contribution in [0.1, 0.15) is 25.6 Å². The second-order valence-electron chi connectivity index (χ2n) is 5.36. The molecule has 0 fully saturated rings. The second-order valence-corrected chi connectivity index (χ2v) is 5.36. The van der Waals surface area contributed by atoms with Gasteiger partial charge in [-0.15, -0.1) is 0 Å². The average molecular weight is 281 g/mol. The van der Waals surface area contributed by atoms with E-state index in [1.165, 1.54) is 0 Å². The highest BCUT2D eigenvalue weighted by atomic mass is 16.5. The van der Waals surface area contributed by atoms with Crippen LogP contribution < -0.4 is 10.5 Å². The standard InChI is InChI=1S/C17H19N3O/c1-12(2)20-14(11-21-15-6-4-8-19-10-15)9-13-5-3-7-16(18)17(13)20/h3-10,12H,11,18H2,1-2H3. The number of nitrogen functional groups attached to an aromatic ring is 1. The van der Waals surface area contributed by atoms with E-state index in [2.05, 4.69) is 35.5 Å². The molecule has 2 aromatic heterocycles. The van der Waals surface area contributed by atoms with Crippen LogP contribution in [0.15, 0.2) is 48.8 Å². The summed E-state index contributed by atoms with van der Waals surface area (Å²) in [5.41, 5.74) is 9.14. The predicted molar refractivity (Wildman–Crippen MR) is 85.3 cm³/mol. The number of rotatable bonds is 4. The summed E-state index contributed by atoms with van der Waals surface area (Å²) in [4.78, 5) is 4.06. The van der Waals surface area contributed by atoms with Gasteiger partial charge in [-0.05, 0) is 38.1 Å². The zero-order chi connectivity index (χ0) is 14.8. The normalized spacial score (nSPS) is 11.2. The maximum atomic E-state index is 6.14. The highest BCUT2D eigenvalue weighted by Crippen LogP contribution is 2.29. The monoisotopic (exact) mass is 281 g/mol. The van der Waals surface area contributed by atoms with E-state index in [1.807, 2.05) is 24.3 Å². The molecule has 0 saturated heterocycles. The number of anilines is 1. The molecular weight excluding hydrogens is 262 g/mol. The van der Waals surface area contributed by atoms with E-state index in [0.29, 0.717) is 12.6 Å². The molecule has 4 nitrogen and oxygen atoms in total. The van der Waals surface area contributed by atoms with Crippen LogP contribution in [0, 0.1) is 0 Å². The van der Waals surface area contributed by atoms with Crippen molar-refractivity contribution in [3.05, 3.63) is 54.5 Å². The van der Waals surface area contributed by atoms with Crippen molar-refractivity contribution in [3.63, 3.8) is 0 Å². The van der Waals surface area contributed by atoms with Gasteiger partial charge in [0.05, 0.1) is 23.1 Å². The Kier molecular flexibility index (Phi) is 3.52. The highest BCUT2D eigenvalue weighted by molar-refractivity contribution is 5.91. The van der Waals surface area contributed by atoms with E-state index in [-0.39, 0.29) is 0 Å². The number of para-hydroxylation sites is 1. The van der Waals surface area contributed by atoms with Gasteiger partial charge in [0.1, 0.15) is 12.4 Å². The van der Waals surface area contributed by atoms with E-state index in [1.54, 1.807) is 12.4 Å². The number of hydrogen-bond donors (Lipinski definition) is 1. The fourth-order valence-corrected chi connectivity index (χ4v) is 2.66. The smallest absolute Gasteiger partial charge is 0.138 e. The van der Waals surface area contributed by atoms with Gasteiger partial charge >= 0.3 is 0 Å². The number of benzene rings is 1. The van der Waals surface area contributed by atoms with Crippen molar-refractivity contribution < 1.29 is 4.74 Å². The van der Waals surface area contributed by atoms with Crippen molar-refractivity contribution in [1.29, 1.82) is 0 Å². The van der Waals surface area contributed by atoms with Crippen molar-refractivity contribution in [3.8, 4) is 5.75 Å². The summed E-state index contributed by atoms with van der Waals surface area (Å²) in [5.74, 6) is 0.769. The largest absolute Gasteiger partial charge is 0.486 e. The number of nitrogens with zero attached hydrogens (tertiary/aromatic N) is 2. The van der Waals surface area contributed by atoms with Crippen LogP contribution >= 0.6 is 0 Å². The fourth-order valence-electron chi connectivity index (χ4n) is 2.66. The Morgan fingerprint density at radius 2 is 2.10 bits per heavy atom. The van der Waals surface area contributed by atoms with Crippen LogP contribution in [-0.4, -0.2) is 9.55 Å². The molecule has 0 atom stereocenters. The molecular formula is C17H19N3O. The van der Waals surface area contributed by atoms with E-state index < -0.39 is 0 Å². The first-order chi connectivity index (χ1) is 10.2. The quantitative estimate of drug-likeness (QED) is 0.740. The Labute approximate surface area is 124 Å². The number of nitrogens with two attached hydrogens (primary N) is 1. The molecule has 0 aliphatic carbocycles. The van der Waals surface area contributed by atoms with Crippen molar-refractivity contribution in [2.75, 3.05) is 5.73 Å². The summed E-state index contributed by atoms with van der Waals surface area (Å²) in [6.45, 7) is 4.80. The summed E-state index contributed by atoms with van der Waals surface area (Å²) in [5, 5.41) is 1.15. The zero-order valence-electron chi connectivity index (χ0n) is 12.3. The molecule has 0 saturated carbocycles. The van der Waals surface area contributed by atoms with Gasteiger partial charge in [0.15, 0.2) is 0 Å². The minimum absolute atomic E-state index is 0.319.